The van der Waals surface area contributed by atoms with Crippen molar-refractivity contribution in [1.82, 2.24) is 15.3 Å². The van der Waals surface area contributed by atoms with E-state index >= 15 is 0 Å². The number of anilines is 1. The van der Waals surface area contributed by atoms with Crippen LogP contribution in [0.2, 0.25) is 5.28 Å². The molecule has 1 aromatic rings. The van der Waals surface area contributed by atoms with Crippen molar-refractivity contribution in [3.05, 3.63) is 11.5 Å². The summed E-state index contributed by atoms with van der Waals surface area (Å²) in [6, 6.07) is 0. The molecular formula is C9H13ClN4OS. The van der Waals surface area contributed by atoms with Crippen molar-refractivity contribution < 1.29 is 4.79 Å². The average molecular weight is 261 g/mol. The molecular weight excluding hydrogens is 248 g/mol. The second-order valence-electron chi connectivity index (χ2n) is 2.97. The van der Waals surface area contributed by atoms with Crippen LogP contribution in [0.25, 0.3) is 0 Å². The second-order valence-corrected chi connectivity index (χ2v) is 4.15. The van der Waals surface area contributed by atoms with Crippen LogP contribution in [0.3, 0.4) is 0 Å². The summed E-state index contributed by atoms with van der Waals surface area (Å²) in [7, 11) is 0. The number of halogens is 1. The molecule has 0 atom stereocenters. The van der Waals surface area contributed by atoms with Crippen molar-refractivity contribution in [2.45, 2.75) is 11.8 Å². The first-order valence-corrected chi connectivity index (χ1v) is 6.28. The van der Waals surface area contributed by atoms with Crippen LogP contribution in [-0.4, -0.2) is 35.2 Å². The van der Waals surface area contributed by atoms with Crippen LogP contribution in [-0.2, 0) is 4.79 Å². The number of nitrogens with zero attached hydrogens (tertiary/aromatic N) is 2. The smallest absolute Gasteiger partial charge is 0.224 e. The minimum atomic E-state index is -0.0485. The highest BCUT2D eigenvalue weighted by atomic mass is 35.5. The largest absolute Gasteiger partial charge is 0.367 e. The maximum absolute atomic E-state index is 10.6. The van der Waals surface area contributed by atoms with Gasteiger partial charge in [0, 0.05) is 26.2 Å². The van der Waals surface area contributed by atoms with Gasteiger partial charge in [-0.3, -0.25) is 4.79 Å². The molecule has 1 aromatic heterocycles. The van der Waals surface area contributed by atoms with E-state index in [0.29, 0.717) is 18.9 Å². The molecule has 0 aliphatic carbocycles. The van der Waals surface area contributed by atoms with Gasteiger partial charge < -0.3 is 10.6 Å². The van der Waals surface area contributed by atoms with Gasteiger partial charge in [-0.25, -0.2) is 4.98 Å². The van der Waals surface area contributed by atoms with E-state index in [1.807, 2.05) is 6.26 Å². The highest BCUT2D eigenvalue weighted by Crippen LogP contribution is 2.22. The molecule has 1 heterocycles. The summed E-state index contributed by atoms with van der Waals surface area (Å²) in [6.45, 7) is 2.63. The third-order valence-electron chi connectivity index (χ3n) is 1.74. The van der Waals surface area contributed by atoms with E-state index in [2.05, 4.69) is 20.6 Å². The third-order valence-corrected chi connectivity index (χ3v) is 2.66. The van der Waals surface area contributed by atoms with Crippen LogP contribution in [0.5, 0.6) is 0 Å². The molecule has 2 N–H and O–H groups in total. The maximum atomic E-state index is 10.6. The van der Waals surface area contributed by atoms with Crippen LogP contribution < -0.4 is 10.6 Å². The summed E-state index contributed by atoms with van der Waals surface area (Å²) in [6.07, 6.45) is 3.60. The Morgan fingerprint density at radius 1 is 1.56 bits per heavy atom. The van der Waals surface area contributed by atoms with Crippen molar-refractivity contribution in [2.24, 2.45) is 0 Å². The fraction of sp³-hybridized carbons (Fsp3) is 0.444. The Bertz CT molecular complexity index is 375. The Morgan fingerprint density at radius 3 is 2.94 bits per heavy atom. The minimum Gasteiger partial charge on any atom is -0.367 e. The fourth-order valence-electron chi connectivity index (χ4n) is 1.04. The molecule has 0 fully saturated rings. The van der Waals surface area contributed by atoms with E-state index < -0.39 is 0 Å². The summed E-state index contributed by atoms with van der Waals surface area (Å²) < 4.78 is 0. The number of hydrogen-bond donors (Lipinski definition) is 2. The predicted molar refractivity (Wildman–Crippen MR) is 66.0 cm³/mol. The van der Waals surface area contributed by atoms with E-state index in [1.54, 1.807) is 6.20 Å². The second kappa shape index (κ2) is 6.55. The lowest BCUT2D eigenvalue weighted by Gasteiger charge is -2.09. The molecule has 0 saturated heterocycles. The first-order valence-electron chi connectivity index (χ1n) is 4.68. The summed E-state index contributed by atoms with van der Waals surface area (Å²) in [4.78, 5) is 19.5. The van der Waals surface area contributed by atoms with E-state index in [0.717, 1.165) is 4.90 Å². The number of aromatic nitrogens is 2. The Hall–Kier alpha value is -1.01. The van der Waals surface area contributed by atoms with Gasteiger partial charge in [0.2, 0.25) is 11.2 Å². The molecule has 1 amide bonds. The SMILES string of the molecule is CSc1cnc(Cl)nc1NCCNC(C)=O. The molecule has 0 aliphatic rings. The Morgan fingerprint density at radius 2 is 2.31 bits per heavy atom. The molecule has 0 saturated carbocycles. The summed E-state index contributed by atoms with van der Waals surface area (Å²) in [5, 5.41) is 5.98. The third kappa shape index (κ3) is 4.24. The van der Waals surface area contributed by atoms with Gasteiger partial charge in [-0.1, -0.05) is 0 Å². The van der Waals surface area contributed by atoms with Gasteiger partial charge in [0.05, 0.1) is 4.90 Å². The summed E-state index contributed by atoms with van der Waals surface area (Å²) in [5.74, 6) is 0.644. The van der Waals surface area contributed by atoms with E-state index in [-0.39, 0.29) is 11.2 Å². The van der Waals surface area contributed by atoms with Crippen molar-refractivity contribution in [2.75, 3.05) is 24.7 Å². The molecule has 1 rings (SSSR count). The van der Waals surface area contributed by atoms with E-state index in [9.17, 15) is 4.79 Å². The number of rotatable bonds is 5. The average Bonchev–Trinajstić information content (AvgIpc) is 2.24. The van der Waals surface area contributed by atoms with Crippen LogP contribution in [0.4, 0.5) is 5.82 Å². The molecule has 0 unspecified atom stereocenters. The van der Waals surface area contributed by atoms with Gasteiger partial charge in [-0.05, 0) is 17.9 Å². The van der Waals surface area contributed by atoms with Gasteiger partial charge in [0.25, 0.3) is 0 Å². The number of hydrogen-bond acceptors (Lipinski definition) is 5. The Balaban J connectivity index is 2.51. The number of nitrogens with one attached hydrogen (secondary N) is 2. The lowest BCUT2D eigenvalue weighted by Crippen LogP contribution is -2.26. The normalized spacial score (nSPS) is 9.94. The molecule has 0 spiro atoms. The van der Waals surface area contributed by atoms with Crippen molar-refractivity contribution >= 4 is 35.1 Å². The number of amides is 1. The van der Waals surface area contributed by atoms with Gasteiger partial charge in [-0.15, -0.1) is 11.8 Å². The number of carbonyl (C=O) groups is 1. The van der Waals surface area contributed by atoms with Crippen LogP contribution in [0, 0.1) is 0 Å². The van der Waals surface area contributed by atoms with Gasteiger partial charge in [-0.2, -0.15) is 4.98 Å². The molecule has 7 heteroatoms. The standard InChI is InChI=1S/C9H13ClN4OS/c1-6(15)11-3-4-12-8-7(16-2)5-13-9(10)14-8/h5H,3-4H2,1-2H3,(H,11,15)(H,12,13,14). The molecule has 0 aliphatic heterocycles. The first-order chi connectivity index (χ1) is 7.63. The van der Waals surface area contributed by atoms with E-state index in [1.165, 1.54) is 18.7 Å². The first kappa shape index (κ1) is 13.1. The summed E-state index contributed by atoms with van der Waals surface area (Å²) in [5.41, 5.74) is 0. The number of carbonyl (C=O) groups excluding carboxylic acids is 1. The molecule has 16 heavy (non-hydrogen) atoms. The lowest BCUT2D eigenvalue weighted by atomic mass is 10.5. The van der Waals surface area contributed by atoms with Crippen LogP contribution >= 0.6 is 23.4 Å². The maximum Gasteiger partial charge on any atom is 0.224 e. The highest BCUT2D eigenvalue weighted by molar-refractivity contribution is 7.98. The van der Waals surface area contributed by atoms with Gasteiger partial charge >= 0.3 is 0 Å². The molecule has 0 aromatic carbocycles. The monoisotopic (exact) mass is 260 g/mol. The van der Waals surface area contributed by atoms with Crippen molar-refractivity contribution in [3.8, 4) is 0 Å². The van der Waals surface area contributed by atoms with Gasteiger partial charge in [0.1, 0.15) is 5.82 Å². The predicted octanol–water partition coefficient (Wildman–Crippen LogP) is 1.40. The summed E-state index contributed by atoms with van der Waals surface area (Å²) >= 11 is 7.23. The number of thioether (sulfide) groups is 1. The highest BCUT2D eigenvalue weighted by Gasteiger charge is 2.04. The zero-order valence-corrected chi connectivity index (χ0v) is 10.7. The minimum absolute atomic E-state index is 0.0485. The van der Waals surface area contributed by atoms with Crippen LogP contribution in [0.1, 0.15) is 6.92 Å². The topological polar surface area (TPSA) is 66.9 Å². The van der Waals surface area contributed by atoms with E-state index in [4.69, 9.17) is 11.6 Å². The van der Waals surface area contributed by atoms with Crippen molar-refractivity contribution in [1.29, 1.82) is 0 Å². The lowest BCUT2D eigenvalue weighted by molar-refractivity contribution is -0.118. The van der Waals surface area contributed by atoms with Gasteiger partial charge in [0.15, 0.2) is 0 Å². The van der Waals surface area contributed by atoms with Crippen LogP contribution in [0.15, 0.2) is 11.1 Å². The van der Waals surface area contributed by atoms with Crippen molar-refractivity contribution in [3.63, 3.8) is 0 Å². The zero-order valence-electron chi connectivity index (χ0n) is 9.08. The molecule has 5 nitrogen and oxygen atoms in total. The molecule has 0 radical (unpaired) electrons. The zero-order chi connectivity index (χ0) is 12.0. The molecule has 0 bridgehead atoms. The fourth-order valence-corrected chi connectivity index (χ4v) is 1.65. The Labute approximate surface area is 103 Å². The molecule has 88 valence electrons. The quantitative estimate of drug-likeness (QED) is 0.476. The Kier molecular flexibility index (Phi) is 5.34.